The number of carbonyl (C=O) groups is 2. The lowest BCUT2D eigenvalue weighted by Gasteiger charge is -2.12. The molecule has 0 aliphatic carbocycles. The summed E-state index contributed by atoms with van der Waals surface area (Å²) in [6.45, 7) is 5.66. The number of rotatable bonds is 8. The molecule has 1 unspecified atom stereocenters. The third-order valence-corrected chi connectivity index (χ3v) is 4.20. The van der Waals surface area contributed by atoms with Gasteiger partial charge < -0.3 is 10.4 Å². The molecule has 0 aromatic heterocycles. The van der Waals surface area contributed by atoms with Gasteiger partial charge in [-0.1, -0.05) is 38.1 Å². The Labute approximate surface area is 130 Å². The molecule has 0 fully saturated rings. The normalized spacial score (nSPS) is 12.2. The fourth-order valence-electron chi connectivity index (χ4n) is 1.89. The van der Waals surface area contributed by atoms with E-state index in [1.54, 1.807) is 11.8 Å². The first kappa shape index (κ1) is 17.6. The molecule has 0 saturated carbocycles. The number of benzene rings is 1. The maximum atomic E-state index is 11.0. The number of carboxylic acid groups (broad SMARTS) is 1. The van der Waals surface area contributed by atoms with Crippen LogP contribution in [0.25, 0.3) is 0 Å². The molecule has 1 aromatic rings. The summed E-state index contributed by atoms with van der Waals surface area (Å²) in [4.78, 5) is 21.9. The van der Waals surface area contributed by atoms with Crippen molar-refractivity contribution in [2.75, 3.05) is 5.75 Å². The molecule has 0 heterocycles. The average molecular weight is 309 g/mol. The van der Waals surface area contributed by atoms with Crippen molar-refractivity contribution in [3.63, 3.8) is 0 Å². The number of thioether (sulfide) groups is 1. The van der Waals surface area contributed by atoms with Crippen LogP contribution in [-0.4, -0.2) is 28.8 Å². The number of amides is 1. The lowest BCUT2D eigenvalue weighted by atomic mass is 10.0. The second kappa shape index (κ2) is 8.72. The summed E-state index contributed by atoms with van der Waals surface area (Å²) in [7, 11) is 0. The van der Waals surface area contributed by atoms with Crippen molar-refractivity contribution in [2.24, 2.45) is 0 Å². The molecule has 2 N–H and O–H groups in total. The van der Waals surface area contributed by atoms with Crippen LogP contribution in [0.4, 0.5) is 0 Å². The van der Waals surface area contributed by atoms with Crippen LogP contribution in [-0.2, 0) is 15.3 Å². The molecule has 116 valence electrons. The van der Waals surface area contributed by atoms with Gasteiger partial charge in [0.1, 0.15) is 6.04 Å². The molecule has 1 amide bonds. The molecule has 1 rings (SSSR count). The molecular formula is C16H23NO3S. The Balaban J connectivity index is 2.35. The van der Waals surface area contributed by atoms with Crippen LogP contribution in [0.15, 0.2) is 24.3 Å². The van der Waals surface area contributed by atoms with Crippen molar-refractivity contribution >= 4 is 23.6 Å². The molecule has 1 atom stereocenters. The van der Waals surface area contributed by atoms with Gasteiger partial charge in [0.25, 0.3) is 0 Å². The Morgan fingerprint density at radius 2 is 1.86 bits per heavy atom. The molecule has 5 heteroatoms. The number of carboxylic acids is 1. The van der Waals surface area contributed by atoms with Gasteiger partial charge in [0.05, 0.1) is 0 Å². The van der Waals surface area contributed by atoms with E-state index in [9.17, 15) is 9.59 Å². The first-order valence-corrected chi connectivity index (χ1v) is 8.22. The number of hydrogen-bond donors (Lipinski definition) is 2. The Hall–Kier alpha value is -1.49. The summed E-state index contributed by atoms with van der Waals surface area (Å²) in [6, 6.07) is 7.71. The van der Waals surface area contributed by atoms with E-state index in [0.717, 1.165) is 5.75 Å². The van der Waals surface area contributed by atoms with Crippen molar-refractivity contribution in [2.45, 2.75) is 44.9 Å². The smallest absolute Gasteiger partial charge is 0.326 e. The van der Waals surface area contributed by atoms with Gasteiger partial charge in [-0.25, -0.2) is 4.79 Å². The molecule has 1 aromatic carbocycles. The van der Waals surface area contributed by atoms with Crippen LogP contribution in [0.5, 0.6) is 0 Å². The summed E-state index contributed by atoms with van der Waals surface area (Å²) >= 11 is 1.68. The van der Waals surface area contributed by atoms with Gasteiger partial charge in [0.15, 0.2) is 0 Å². The zero-order valence-corrected chi connectivity index (χ0v) is 13.6. The fraction of sp³-hybridized carbons (Fsp3) is 0.500. The van der Waals surface area contributed by atoms with Crippen LogP contribution in [0.2, 0.25) is 0 Å². The largest absolute Gasteiger partial charge is 0.480 e. The minimum absolute atomic E-state index is 0.309. The van der Waals surface area contributed by atoms with Crippen molar-refractivity contribution in [3.05, 3.63) is 35.4 Å². The highest BCUT2D eigenvalue weighted by molar-refractivity contribution is 7.98. The van der Waals surface area contributed by atoms with E-state index in [0.29, 0.717) is 18.1 Å². The number of nitrogens with one attached hydrogen (secondary N) is 1. The Kier molecular flexibility index (Phi) is 7.29. The van der Waals surface area contributed by atoms with E-state index in [4.69, 9.17) is 5.11 Å². The number of hydrogen-bond acceptors (Lipinski definition) is 3. The molecule has 0 bridgehead atoms. The van der Waals surface area contributed by atoms with E-state index < -0.39 is 12.0 Å². The first-order chi connectivity index (χ1) is 9.90. The second-order valence-electron chi connectivity index (χ2n) is 5.33. The molecule has 0 spiro atoms. The Morgan fingerprint density at radius 3 is 2.33 bits per heavy atom. The molecule has 0 radical (unpaired) electrons. The molecule has 0 saturated heterocycles. The van der Waals surface area contributed by atoms with Crippen LogP contribution in [0, 0.1) is 0 Å². The lowest BCUT2D eigenvalue weighted by molar-refractivity contribution is -0.141. The summed E-state index contributed by atoms with van der Waals surface area (Å²) in [5.74, 6) is 0.790. The Bertz CT molecular complexity index is 471. The molecule has 4 nitrogen and oxygen atoms in total. The highest BCUT2D eigenvalue weighted by Gasteiger charge is 2.17. The summed E-state index contributed by atoms with van der Waals surface area (Å²) in [6.07, 6.45) is 0.434. The fourth-order valence-corrected chi connectivity index (χ4v) is 2.87. The Morgan fingerprint density at radius 1 is 1.24 bits per heavy atom. The van der Waals surface area contributed by atoms with Gasteiger partial charge in [0.2, 0.25) is 5.91 Å². The van der Waals surface area contributed by atoms with E-state index in [1.807, 2.05) is 0 Å². The third-order valence-electron chi connectivity index (χ3n) is 3.14. The second-order valence-corrected chi connectivity index (χ2v) is 6.43. The predicted octanol–water partition coefficient (Wildman–Crippen LogP) is 3.02. The minimum Gasteiger partial charge on any atom is -0.480 e. The van der Waals surface area contributed by atoms with Gasteiger partial charge in [-0.3, -0.25) is 4.79 Å². The molecular weight excluding hydrogens is 286 g/mol. The van der Waals surface area contributed by atoms with E-state index >= 15 is 0 Å². The van der Waals surface area contributed by atoms with Crippen LogP contribution >= 0.6 is 11.8 Å². The molecule has 0 aliphatic heterocycles. The van der Waals surface area contributed by atoms with Crippen molar-refractivity contribution < 1.29 is 14.7 Å². The average Bonchev–Trinajstić information content (AvgIpc) is 2.42. The van der Waals surface area contributed by atoms with Gasteiger partial charge in [0, 0.05) is 12.7 Å². The standard InChI is InChI=1S/C16H23NO3S/c1-11(2)14-6-4-13(5-7-14)10-21-9-8-15(16(19)20)17-12(3)18/h4-7,11,15H,8-10H2,1-3H3,(H,17,18)(H,19,20). The van der Waals surface area contributed by atoms with E-state index in [1.165, 1.54) is 18.1 Å². The van der Waals surface area contributed by atoms with Crippen LogP contribution in [0.3, 0.4) is 0 Å². The zero-order valence-electron chi connectivity index (χ0n) is 12.8. The monoisotopic (exact) mass is 309 g/mol. The minimum atomic E-state index is -0.980. The van der Waals surface area contributed by atoms with E-state index in [-0.39, 0.29) is 5.91 Å². The number of carbonyl (C=O) groups excluding carboxylic acids is 1. The van der Waals surface area contributed by atoms with Crippen molar-refractivity contribution in [1.29, 1.82) is 0 Å². The quantitative estimate of drug-likeness (QED) is 0.724. The van der Waals surface area contributed by atoms with Gasteiger partial charge in [-0.05, 0) is 29.2 Å². The first-order valence-electron chi connectivity index (χ1n) is 7.06. The highest BCUT2D eigenvalue weighted by atomic mass is 32.2. The maximum absolute atomic E-state index is 11.0. The van der Waals surface area contributed by atoms with Gasteiger partial charge >= 0.3 is 5.97 Å². The van der Waals surface area contributed by atoms with Crippen LogP contribution < -0.4 is 5.32 Å². The summed E-state index contributed by atoms with van der Waals surface area (Å²) in [5.41, 5.74) is 2.55. The maximum Gasteiger partial charge on any atom is 0.326 e. The van der Waals surface area contributed by atoms with E-state index in [2.05, 4.69) is 43.4 Å². The third kappa shape index (κ3) is 6.67. The lowest BCUT2D eigenvalue weighted by Crippen LogP contribution is -2.39. The zero-order chi connectivity index (χ0) is 15.8. The summed E-state index contributed by atoms with van der Waals surface area (Å²) < 4.78 is 0. The van der Waals surface area contributed by atoms with Crippen molar-refractivity contribution in [1.82, 2.24) is 5.32 Å². The van der Waals surface area contributed by atoms with Gasteiger partial charge in [-0.2, -0.15) is 11.8 Å². The number of aliphatic carboxylic acids is 1. The topological polar surface area (TPSA) is 66.4 Å². The molecule has 0 aliphatic rings. The van der Waals surface area contributed by atoms with Crippen molar-refractivity contribution in [3.8, 4) is 0 Å². The SMILES string of the molecule is CC(=O)NC(CCSCc1ccc(C(C)C)cc1)C(=O)O. The predicted molar refractivity (Wildman–Crippen MR) is 86.6 cm³/mol. The molecule has 21 heavy (non-hydrogen) atoms. The highest BCUT2D eigenvalue weighted by Crippen LogP contribution is 2.18. The van der Waals surface area contributed by atoms with Gasteiger partial charge in [-0.15, -0.1) is 0 Å². The summed E-state index contributed by atoms with van der Waals surface area (Å²) in [5, 5.41) is 11.4. The van der Waals surface area contributed by atoms with Crippen LogP contribution in [0.1, 0.15) is 44.2 Å².